The third-order valence-corrected chi connectivity index (χ3v) is 5.41. The molecule has 4 aromatic carbocycles. The number of para-hydroxylation sites is 2. The Labute approximate surface area is 165 Å². The maximum Gasteiger partial charge on any atom is 0.0763 e. The van der Waals surface area contributed by atoms with E-state index in [1.165, 1.54) is 22.3 Å². The van der Waals surface area contributed by atoms with Gasteiger partial charge >= 0.3 is 0 Å². The highest BCUT2D eigenvalue weighted by Crippen LogP contribution is 2.47. The lowest BCUT2D eigenvalue weighted by molar-refractivity contribution is 0.642. The molecule has 1 aliphatic carbocycles. The minimum absolute atomic E-state index is 0.119. The van der Waals surface area contributed by atoms with Crippen molar-refractivity contribution in [3.05, 3.63) is 120 Å². The van der Waals surface area contributed by atoms with Gasteiger partial charge in [-0.1, -0.05) is 84.9 Å². The highest BCUT2D eigenvalue weighted by Gasteiger charge is 2.33. The highest BCUT2D eigenvalue weighted by atomic mass is 15.0. The molecule has 28 heavy (non-hydrogen) atoms. The van der Waals surface area contributed by atoms with Gasteiger partial charge in [-0.05, 0) is 46.5 Å². The van der Waals surface area contributed by atoms with Crippen molar-refractivity contribution >= 4 is 11.4 Å². The zero-order chi connectivity index (χ0) is 18.8. The first-order valence-electron chi connectivity index (χ1n) is 9.71. The van der Waals surface area contributed by atoms with Crippen LogP contribution in [0.2, 0.25) is 0 Å². The maximum absolute atomic E-state index is 3.79. The van der Waals surface area contributed by atoms with Gasteiger partial charge in [0.05, 0.1) is 12.1 Å². The molecule has 0 heterocycles. The van der Waals surface area contributed by atoms with Crippen molar-refractivity contribution in [1.29, 1.82) is 0 Å². The van der Waals surface area contributed by atoms with Crippen LogP contribution in [0.25, 0.3) is 11.1 Å². The molecule has 0 amide bonds. The van der Waals surface area contributed by atoms with Crippen molar-refractivity contribution in [3.63, 3.8) is 0 Å². The molecule has 4 aromatic rings. The van der Waals surface area contributed by atoms with Crippen molar-refractivity contribution in [1.82, 2.24) is 0 Å². The molecule has 0 saturated heterocycles. The fourth-order valence-corrected chi connectivity index (χ4v) is 4.14. The number of fused-ring (bicyclic) bond motifs is 3. The van der Waals surface area contributed by atoms with Crippen LogP contribution in [0.3, 0.4) is 0 Å². The molecular weight excluding hydrogens is 340 g/mol. The van der Waals surface area contributed by atoms with Gasteiger partial charge in [-0.25, -0.2) is 0 Å². The standard InChI is InChI=1S/C26H22N2/c1-3-11-19(12-4-1)27-25-23-17-9-7-15-21(23)22-16-8-10-18-24(22)26(25)28-20-13-5-2-6-14-20/h1-18,25-28H/t25-,26-/m0/s1. The summed E-state index contributed by atoms with van der Waals surface area (Å²) in [6, 6.07) is 38.6. The number of hydrogen-bond donors (Lipinski definition) is 2. The van der Waals surface area contributed by atoms with Crippen LogP contribution in [0.1, 0.15) is 23.2 Å². The van der Waals surface area contributed by atoms with Crippen LogP contribution in [0, 0.1) is 0 Å². The van der Waals surface area contributed by atoms with E-state index < -0.39 is 0 Å². The van der Waals surface area contributed by atoms with Gasteiger partial charge in [-0.2, -0.15) is 0 Å². The highest BCUT2D eigenvalue weighted by molar-refractivity contribution is 5.77. The number of benzene rings is 4. The third kappa shape index (κ3) is 3.03. The molecule has 0 aliphatic heterocycles. The van der Waals surface area contributed by atoms with Gasteiger partial charge in [0, 0.05) is 11.4 Å². The molecule has 0 radical (unpaired) electrons. The fraction of sp³-hybridized carbons (Fsp3) is 0.0769. The molecule has 2 heteroatoms. The third-order valence-electron chi connectivity index (χ3n) is 5.41. The summed E-state index contributed by atoms with van der Waals surface area (Å²) in [6.45, 7) is 0. The molecule has 0 spiro atoms. The Morgan fingerprint density at radius 1 is 0.393 bits per heavy atom. The summed E-state index contributed by atoms with van der Waals surface area (Å²) < 4.78 is 0. The summed E-state index contributed by atoms with van der Waals surface area (Å²) in [6.07, 6.45) is 0. The normalized spacial score (nSPS) is 17.3. The zero-order valence-corrected chi connectivity index (χ0v) is 15.5. The van der Waals surface area contributed by atoms with E-state index in [0.717, 1.165) is 11.4 Å². The summed E-state index contributed by atoms with van der Waals surface area (Å²) in [5, 5.41) is 7.57. The summed E-state index contributed by atoms with van der Waals surface area (Å²) in [5.74, 6) is 0. The second-order valence-corrected chi connectivity index (χ2v) is 7.15. The second-order valence-electron chi connectivity index (χ2n) is 7.15. The smallest absolute Gasteiger partial charge is 0.0763 e. The Balaban J connectivity index is 1.64. The largest absolute Gasteiger partial charge is 0.376 e. The summed E-state index contributed by atoms with van der Waals surface area (Å²) >= 11 is 0. The van der Waals surface area contributed by atoms with Crippen molar-refractivity contribution < 1.29 is 0 Å². The van der Waals surface area contributed by atoms with E-state index >= 15 is 0 Å². The van der Waals surface area contributed by atoms with E-state index in [1.807, 2.05) is 0 Å². The van der Waals surface area contributed by atoms with Crippen molar-refractivity contribution in [2.24, 2.45) is 0 Å². The summed E-state index contributed by atoms with van der Waals surface area (Å²) in [7, 11) is 0. The van der Waals surface area contributed by atoms with Gasteiger partial charge in [0.15, 0.2) is 0 Å². The Kier molecular flexibility index (Phi) is 4.30. The first-order valence-corrected chi connectivity index (χ1v) is 9.71. The van der Waals surface area contributed by atoms with Gasteiger partial charge < -0.3 is 10.6 Å². The van der Waals surface area contributed by atoms with Crippen LogP contribution in [-0.2, 0) is 0 Å². The van der Waals surface area contributed by atoms with Crippen LogP contribution < -0.4 is 10.6 Å². The predicted octanol–water partition coefficient (Wildman–Crippen LogP) is 6.67. The lowest BCUT2D eigenvalue weighted by Gasteiger charge is -2.37. The van der Waals surface area contributed by atoms with E-state index in [2.05, 4.69) is 120 Å². The van der Waals surface area contributed by atoms with E-state index in [-0.39, 0.29) is 12.1 Å². The SMILES string of the molecule is c1ccc(N[C@H]2c3ccccc3-c3ccccc3[C@@H]2Nc2ccccc2)cc1. The topological polar surface area (TPSA) is 24.1 Å². The first kappa shape index (κ1) is 16.6. The lowest BCUT2D eigenvalue weighted by Crippen LogP contribution is -2.29. The van der Waals surface area contributed by atoms with E-state index in [9.17, 15) is 0 Å². The first-order chi connectivity index (χ1) is 13.9. The van der Waals surface area contributed by atoms with E-state index in [0.29, 0.717) is 0 Å². The number of nitrogens with one attached hydrogen (secondary N) is 2. The molecule has 0 saturated carbocycles. The molecule has 2 nitrogen and oxygen atoms in total. The molecule has 0 unspecified atom stereocenters. The van der Waals surface area contributed by atoms with Crippen LogP contribution in [-0.4, -0.2) is 0 Å². The average molecular weight is 362 g/mol. The minimum atomic E-state index is 0.119. The maximum atomic E-state index is 3.79. The predicted molar refractivity (Wildman–Crippen MR) is 117 cm³/mol. The number of anilines is 2. The van der Waals surface area contributed by atoms with Crippen LogP contribution in [0.15, 0.2) is 109 Å². The van der Waals surface area contributed by atoms with Gasteiger partial charge in [0.25, 0.3) is 0 Å². The Bertz CT molecular complexity index is 985. The molecule has 2 N–H and O–H groups in total. The Hall–Kier alpha value is -3.52. The Morgan fingerprint density at radius 3 is 1.18 bits per heavy atom. The molecular formula is C26H22N2. The summed E-state index contributed by atoms with van der Waals surface area (Å²) in [5.41, 5.74) is 7.50. The van der Waals surface area contributed by atoms with Crippen LogP contribution >= 0.6 is 0 Å². The number of rotatable bonds is 4. The molecule has 0 aromatic heterocycles. The summed E-state index contributed by atoms with van der Waals surface area (Å²) in [4.78, 5) is 0. The van der Waals surface area contributed by atoms with E-state index in [1.54, 1.807) is 0 Å². The lowest BCUT2D eigenvalue weighted by atomic mass is 9.79. The van der Waals surface area contributed by atoms with Crippen LogP contribution in [0.4, 0.5) is 11.4 Å². The molecule has 2 atom stereocenters. The van der Waals surface area contributed by atoms with E-state index in [4.69, 9.17) is 0 Å². The molecule has 136 valence electrons. The van der Waals surface area contributed by atoms with Gasteiger partial charge in [0.2, 0.25) is 0 Å². The van der Waals surface area contributed by atoms with Gasteiger partial charge in [-0.3, -0.25) is 0 Å². The monoisotopic (exact) mass is 362 g/mol. The molecule has 5 rings (SSSR count). The van der Waals surface area contributed by atoms with Crippen molar-refractivity contribution in [2.45, 2.75) is 12.1 Å². The fourth-order valence-electron chi connectivity index (χ4n) is 4.14. The Morgan fingerprint density at radius 2 is 0.750 bits per heavy atom. The quantitative estimate of drug-likeness (QED) is 0.423. The average Bonchev–Trinajstić information content (AvgIpc) is 2.77. The molecule has 0 bridgehead atoms. The zero-order valence-electron chi connectivity index (χ0n) is 15.5. The van der Waals surface area contributed by atoms with Gasteiger partial charge in [0.1, 0.15) is 0 Å². The minimum Gasteiger partial charge on any atom is -0.376 e. The number of hydrogen-bond acceptors (Lipinski definition) is 2. The molecule has 1 aliphatic rings. The van der Waals surface area contributed by atoms with Crippen LogP contribution in [0.5, 0.6) is 0 Å². The van der Waals surface area contributed by atoms with Crippen molar-refractivity contribution in [2.75, 3.05) is 10.6 Å². The van der Waals surface area contributed by atoms with Gasteiger partial charge in [-0.15, -0.1) is 0 Å². The second kappa shape index (κ2) is 7.24. The van der Waals surface area contributed by atoms with Crippen molar-refractivity contribution in [3.8, 4) is 11.1 Å². The molecule has 0 fully saturated rings.